The Morgan fingerprint density at radius 2 is 1.77 bits per heavy atom. The molecule has 3 rings (SSSR count). The van der Waals surface area contributed by atoms with Crippen LogP contribution < -0.4 is 9.46 Å². The summed E-state index contributed by atoms with van der Waals surface area (Å²) >= 11 is 0. The summed E-state index contributed by atoms with van der Waals surface area (Å²) in [6, 6.07) is 15.0. The van der Waals surface area contributed by atoms with Gasteiger partial charge >= 0.3 is 0 Å². The molecule has 26 heavy (non-hydrogen) atoms. The highest BCUT2D eigenvalue weighted by atomic mass is 32.2. The molecule has 1 atom stereocenters. The highest BCUT2D eigenvalue weighted by molar-refractivity contribution is 7.89. The molecular weight excluding hydrogens is 354 g/mol. The molecule has 0 bridgehead atoms. The lowest BCUT2D eigenvalue weighted by Crippen LogP contribution is -2.30. The van der Waals surface area contributed by atoms with Gasteiger partial charge in [-0.3, -0.25) is 0 Å². The van der Waals surface area contributed by atoms with Gasteiger partial charge in [-0.15, -0.1) is 10.2 Å². The molecule has 0 amide bonds. The number of ether oxygens (including phenoxy) is 1. The van der Waals surface area contributed by atoms with Gasteiger partial charge in [0.15, 0.2) is 0 Å². The lowest BCUT2D eigenvalue weighted by atomic mass is 10.1. The van der Waals surface area contributed by atoms with Gasteiger partial charge in [-0.2, -0.15) is 4.72 Å². The molecule has 3 aromatic rings. The Bertz CT molecular complexity index is 954. The van der Waals surface area contributed by atoms with Gasteiger partial charge in [-0.05, 0) is 36.2 Å². The molecule has 0 aliphatic carbocycles. The van der Waals surface area contributed by atoms with Crippen molar-refractivity contribution in [2.24, 2.45) is 0 Å². The van der Waals surface area contributed by atoms with Crippen LogP contribution in [0.4, 0.5) is 0 Å². The van der Waals surface area contributed by atoms with Crippen molar-refractivity contribution in [1.82, 2.24) is 14.9 Å². The van der Waals surface area contributed by atoms with E-state index in [9.17, 15) is 8.42 Å². The van der Waals surface area contributed by atoms with Crippen LogP contribution in [0.1, 0.15) is 23.4 Å². The fourth-order valence-electron chi connectivity index (χ4n) is 2.49. The van der Waals surface area contributed by atoms with Crippen LogP contribution in [0.3, 0.4) is 0 Å². The Morgan fingerprint density at radius 3 is 2.35 bits per heavy atom. The number of aryl methyl sites for hydroxylation is 1. The molecule has 7 nitrogen and oxygen atoms in total. The second-order valence-electron chi connectivity index (χ2n) is 5.70. The zero-order valence-corrected chi connectivity index (χ0v) is 15.2. The Hall–Kier alpha value is -2.71. The van der Waals surface area contributed by atoms with Gasteiger partial charge in [-0.1, -0.05) is 30.3 Å². The summed E-state index contributed by atoms with van der Waals surface area (Å²) in [6.07, 6.45) is 0.387. The first-order valence-corrected chi connectivity index (χ1v) is 9.46. The highest BCUT2D eigenvalue weighted by Gasteiger charge is 2.26. The molecule has 136 valence electrons. The van der Waals surface area contributed by atoms with Crippen molar-refractivity contribution >= 4 is 10.0 Å². The number of nitrogens with zero attached hydrogens (tertiary/aromatic N) is 2. The van der Waals surface area contributed by atoms with Gasteiger partial charge in [0.1, 0.15) is 11.8 Å². The molecule has 0 saturated carbocycles. The molecule has 0 saturated heterocycles. The SMILES string of the molecule is COc1ccc(S(=O)(=O)NC(Cc2ccccc2)c2nnc(C)o2)cc1. The number of benzene rings is 2. The summed E-state index contributed by atoms with van der Waals surface area (Å²) in [5, 5.41) is 7.79. The van der Waals surface area contributed by atoms with Gasteiger partial charge in [-0.25, -0.2) is 8.42 Å². The molecule has 2 aromatic carbocycles. The monoisotopic (exact) mass is 373 g/mol. The van der Waals surface area contributed by atoms with Crippen LogP contribution in [0.15, 0.2) is 63.9 Å². The van der Waals surface area contributed by atoms with Crippen LogP contribution in [0.2, 0.25) is 0 Å². The minimum atomic E-state index is -3.78. The zero-order chi connectivity index (χ0) is 18.6. The number of rotatable bonds is 7. The summed E-state index contributed by atoms with van der Waals surface area (Å²) in [6.45, 7) is 1.66. The van der Waals surface area contributed by atoms with Crippen molar-refractivity contribution < 1.29 is 17.6 Å². The summed E-state index contributed by atoms with van der Waals surface area (Å²) in [5.41, 5.74) is 0.950. The predicted molar refractivity (Wildman–Crippen MR) is 95.2 cm³/mol. The van der Waals surface area contributed by atoms with E-state index in [4.69, 9.17) is 9.15 Å². The number of nitrogens with one attached hydrogen (secondary N) is 1. The third-order valence-corrected chi connectivity index (χ3v) is 5.28. The van der Waals surface area contributed by atoms with E-state index in [1.165, 1.54) is 19.2 Å². The van der Waals surface area contributed by atoms with E-state index < -0.39 is 16.1 Å². The zero-order valence-electron chi connectivity index (χ0n) is 14.4. The maximum atomic E-state index is 12.8. The maximum Gasteiger partial charge on any atom is 0.241 e. The van der Waals surface area contributed by atoms with E-state index >= 15 is 0 Å². The molecule has 0 fully saturated rings. The van der Waals surface area contributed by atoms with E-state index in [-0.39, 0.29) is 10.8 Å². The van der Waals surface area contributed by atoms with E-state index in [0.29, 0.717) is 18.1 Å². The van der Waals surface area contributed by atoms with Crippen molar-refractivity contribution in [3.63, 3.8) is 0 Å². The summed E-state index contributed by atoms with van der Waals surface area (Å²) < 4.78 is 38.7. The van der Waals surface area contributed by atoms with Crippen molar-refractivity contribution in [3.05, 3.63) is 71.9 Å². The van der Waals surface area contributed by atoms with Crippen LogP contribution in [0, 0.1) is 6.92 Å². The largest absolute Gasteiger partial charge is 0.497 e. The smallest absolute Gasteiger partial charge is 0.241 e. The average Bonchev–Trinajstić information content (AvgIpc) is 3.08. The lowest BCUT2D eigenvalue weighted by molar-refractivity contribution is 0.411. The minimum Gasteiger partial charge on any atom is -0.497 e. The lowest BCUT2D eigenvalue weighted by Gasteiger charge is -2.16. The van der Waals surface area contributed by atoms with E-state index in [1.807, 2.05) is 30.3 Å². The van der Waals surface area contributed by atoms with E-state index in [2.05, 4.69) is 14.9 Å². The number of hydrogen-bond acceptors (Lipinski definition) is 6. The molecule has 0 aliphatic rings. The van der Waals surface area contributed by atoms with Gasteiger partial charge in [0.2, 0.25) is 21.8 Å². The Balaban J connectivity index is 1.88. The Labute approximate surface area is 152 Å². The average molecular weight is 373 g/mol. The molecule has 1 N–H and O–H groups in total. The first-order valence-electron chi connectivity index (χ1n) is 7.98. The van der Waals surface area contributed by atoms with E-state index in [1.54, 1.807) is 19.1 Å². The number of sulfonamides is 1. The second-order valence-corrected chi connectivity index (χ2v) is 7.41. The van der Waals surface area contributed by atoms with Crippen molar-refractivity contribution in [2.45, 2.75) is 24.3 Å². The van der Waals surface area contributed by atoms with Gasteiger partial charge in [0.25, 0.3) is 0 Å². The predicted octanol–water partition coefficient (Wildman–Crippen LogP) is 2.65. The van der Waals surface area contributed by atoms with Gasteiger partial charge in [0, 0.05) is 6.92 Å². The molecule has 0 radical (unpaired) electrons. The Kier molecular flexibility index (Phi) is 5.34. The van der Waals surface area contributed by atoms with Crippen LogP contribution >= 0.6 is 0 Å². The summed E-state index contributed by atoms with van der Waals surface area (Å²) in [5.74, 6) is 1.18. The number of hydrogen-bond donors (Lipinski definition) is 1. The molecule has 0 spiro atoms. The molecule has 8 heteroatoms. The van der Waals surface area contributed by atoms with Crippen molar-refractivity contribution in [1.29, 1.82) is 0 Å². The quantitative estimate of drug-likeness (QED) is 0.684. The summed E-state index contributed by atoms with van der Waals surface area (Å²) in [7, 11) is -2.25. The fraction of sp³-hybridized carbons (Fsp3) is 0.222. The maximum absolute atomic E-state index is 12.8. The molecular formula is C18H19N3O4S. The minimum absolute atomic E-state index is 0.132. The van der Waals surface area contributed by atoms with Gasteiger partial charge in [0.05, 0.1) is 12.0 Å². The fourth-order valence-corrected chi connectivity index (χ4v) is 3.68. The Morgan fingerprint density at radius 1 is 1.08 bits per heavy atom. The first kappa shape index (κ1) is 18.1. The second kappa shape index (κ2) is 7.67. The molecule has 1 heterocycles. The van der Waals surface area contributed by atoms with Crippen LogP contribution in [-0.2, 0) is 16.4 Å². The molecule has 1 aromatic heterocycles. The molecule has 0 aliphatic heterocycles. The number of aromatic nitrogens is 2. The van der Waals surface area contributed by atoms with Gasteiger partial charge < -0.3 is 9.15 Å². The third kappa shape index (κ3) is 4.27. The highest BCUT2D eigenvalue weighted by Crippen LogP contribution is 2.22. The van der Waals surface area contributed by atoms with Crippen molar-refractivity contribution in [3.8, 4) is 5.75 Å². The van der Waals surface area contributed by atoms with E-state index in [0.717, 1.165) is 5.56 Å². The molecule has 1 unspecified atom stereocenters. The summed E-state index contributed by atoms with van der Waals surface area (Å²) in [4.78, 5) is 0.132. The standard InChI is InChI=1S/C18H19N3O4S/c1-13-19-20-18(25-13)17(12-14-6-4-3-5-7-14)21-26(22,23)16-10-8-15(24-2)9-11-16/h3-11,17,21H,12H2,1-2H3. The van der Waals surface area contributed by atoms with Crippen LogP contribution in [0.5, 0.6) is 5.75 Å². The van der Waals surface area contributed by atoms with Crippen LogP contribution in [-0.4, -0.2) is 25.7 Å². The van der Waals surface area contributed by atoms with Crippen molar-refractivity contribution in [2.75, 3.05) is 7.11 Å². The number of methoxy groups -OCH3 is 1. The van der Waals surface area contributed by atoms with Crippen LogP contribution in [0.25, 0.3) is 0 Å². The normalized spacial score (nSPS) is 12.7. The third-order valence-electron chi connectivity index (χ3n) is 3.79. The first-order chi connectivity index (χ1) is 12.5. The topological polar surface area (TPSA) is 94.3 Å².